The Balaban J connectivity index is 3.35. The van der Waals surface area contributed by atoms with Crippen LogP contribution in [0.4, 0.5) is 0 Å². The lowest BCUT2D eigenvalue weighted by molar-refractivity contribution is -0.138. The van der Waals surface area contributed by atoms with Gasteiger partial charge in [0, 0.05) is 33.5 Å². The third-order valence-corrected chi connectivity index (χ3v) is 12.3. The Labute approximate surface area is 435 Å². The van der Waals surface area contributed by atoms with E-state index in [4.69, 9.17) is 11.5 Å². The maximum Gasteiger partial charge on any atom is 0.245 e. The molecule has 10 amide bonds. The van der Waals surface area contributed by atoms with Gasteiger partial charge in [-0.15, -0.1) is 0 Å². The second-order valence-electron chi connectivity index (χ2n) is 18.9. The van der Waals surface area contributed by atoms with Crippen LogP contribution in [-0.2, 0) is 54.4 Å². The number of carbonyl (C=O) groups excluding carboxylic acids is 10. The van der Waals surface area contributed by atoms with Crippen LogP contribution in [0.5, 0.6) is 0 Å². The van der Waals surface area contributed by atoms with E-state index >= 15 is 0 Å². The number of nitrogens with one attached hydrogen (secondary N) is 9. The zero-order chi connectivity index (χ0) is 56.2. The van der Waals surface area contributed by atoms with Gasteiger partial charge in [-0.3, -0.25) is 52.9 Å². The third-order valence-electron chi connectivity index (χ3n) is 12.3. The summed E-state index contributed by atoms with van der Waals surface area (Å²) >= 11 is 0. The predicted molar refractivity (Wildman–Crippen MR) is 279 cm³/mol. The normalized spacial score (nSPS) is 15.0. The lowest BCUT2D eigenvalue weighted by atomic mass is 9.95. The van der Waals surface area contributed by atoms with Crippen molar-refractivity contribution in [2.24, 2.45) is 34.2 Å². The average molecular weight is 1040 g/mol. The predicted octanol–water partition coefficient (Wildman–Crippen LogP) is -1.66. The fourth-order valence-corrected chi connectivity index (χ4v) is 7.35. The zero-order valence-corrected chi connectivity index (χ0v) is 45.1. The number of nitrogens with two attached hydrogens (primary N) is 2. The lowest BCUT2D eigenvalue weighted by Crippen LogP contribution is -2.63. The Bertz CT molecular complexity index is 2050. The molecule has 0 fully saturated rings. The molecule has 0 spiro atoms. The maximum absolute atomic E-state index is 14.2. The molecular weight excluding hydrogens is 959 g/mol. The molecule has 0 unspecified atom stereocenters. The van der Waals surface area contributed by atoms with E-state index in [1.165, 1.54) is 20.9 Å². The number of carbonyl (C=O) groups is 10. The molecule has 0 aliphatic heterocycles. The van der Waals surface area contributed by atoms with E-state index < -0.39 is 126 Å². The Kier molecular flexibility index (Phi) is 29.8. The number of hydrogen-bond donors (Lipinski definition) is 12. The van der Waals surface area contributed by atoms with Crippen molar-refractivity contribution >= 4 is 65.0 Å². The van der Waals surface area contributed by atoms with Crippen LogP contribution in [0.2, 0.25) is 0 Å². The van der Waals surface area contributed by atoms with Gasteiger partial charge >= 0.3 is 0 Å². The largest absolute Gasteiger partial charge is 0.391 e. The zero-order valence-electron chi connectivity index (χ0n) is 45.1. The number of aliphatic hydroxyl groups is 1. The number of hydrogen-bond acceptors (Lipinski definition) is 12. The summed E-state index contributed by atoms with van der Waals surface area (Å²) in [5, 5.41) is 34.6. The van der Waals surface area contributed by atoms with Crippen molar-refractivity contribution in [3.8, 4) is 0 Å². The fourth-order valence-electron chi connectivity index (χ4n) is 7.35. The molecule has 14 N–H and O–H groups in total. The maximum atomic E-state index is 14.2. The van der Waals surface area contributed by atoms with Gasteiger partial charge in [-0.2, -0.15) is 0 Å². The second-order valence-corrected chi connectivity index (χ2v) is 18.9. The van der Waals surface area contributed by atoms with Gasteiger partial charge in [-0.25, -0.2) is 0 Å². The van der Waals surface area contributed by atoms with Crippen molar-refractivity contribution in [2.45, 2.75) is 163 Å². The Morgan fingerprint density at radius 3 is 1.58 bits per heavy atom. The van der Waals surface area contributed by atoms with Crippen LogP contribution in [0, 0.1) is 17.8 Å². The summed E-state index contributed by atoms with van der Waals surface area (Å²) in [4.78, 5) is 139. The van der Waals surface area contributed by atoms with E-state index in [0.29, 0.717) is 25.8 Å². The van der Waals surface area contributed by atoms with Crippen LogP contribution < -0.4 is 59.3 Å². The van der Waals surface area contributed by atoms with Crippen molar-refractivity contribution in [1.82, 2.24) is 52.8 Å². The molecule has 0 radical (unpaired) electrons. The van der Waals surface area contributed by atoms with E-state index in [-0.39, 0.29) is 50.6 Å². The van der Waals surface area contributed by atoms with Gasteiger partial charge < -0.3 is 69.3 Å². The molecule has 1 rings (SSSR count). The highest BCUT2D eigenvalue weighted by atomic mass is 16.3. The molecule has 0 saturated heterocycles. The molecule has 0 aromatic heterocycles. The highest BCUT2D eigenvalue weighted by Crippen LogP contribution is 2.14. The lowest BCUT2D eigenvalue weighted by Gasteiger charge is -2.31. The molecule has 1 aromatic rings. The number of amides is 10. The number of rotatable bonds is 33. The van der Waals surface area contributed by atoms with Gasteiger partial charge in [0.25, 0.3) is 0 Å². The van der Waals surface area contributed by atoms with Gasteiger partial charge in [0.2, 0.25) is 59.1 Å². The molecule has 1 aromatic carbocycles. The first-order chi connectivity index (χ1) is 34.8. The average Bonchev–Trinajstić information content (AvgIpc) is 3.34. The van der Waals surface area contributed by atoms with E-state index in [9.17, 15) is 53.1 Å². The summed E-state index contributed by atoms with van der Waals surface area (Å²) in [6.07, 6.45) is 0.155. The summed E-state index contributed by atoms with van der Waals surface area (Å²) in [5.74, 6) is -8.45. The molecule has 0 bridgehead atoms. The Morgan fingerprint density at radius 2 is 1.08 bits per heavy atom. The molecule has 24 nitrogen and oxygen atoms in total. The molecule has 0 aliphatic carbocycles. The Morgan fingerprint density at radius 1 is 0.595 bits per heavy atom. The number of aliphatic imine (C=N–C) groups is 1. The van der Waals surface area contributed by atoms with Gasteiger partial charge in [0.1, 0.15) is 42.3 Å². The van der Waals surface area contributed by atoms with E-state index in [1.54, 1.807) is 67.5 Å². The Hall–Kier alpha value is -6.85. The van der Waals surface area contributed by atoms with Crippen molar-refractivity contribution in [3.05, 3.63) is 35.9 Å². The smallest absolute Gasteiger partial charge is 0.245 e. The summed E-state index contributed by atoms with van der Waals surface area (Å²) in [6, 6.07) is 0.273. The molecule has 24 heteroatoms. The minimum Gasteiger partial charge on any atom is -0.391 e. The van der Waals surface area contributed by atoms with Crippen LogP contribution in [0.3, 0.4) is 0 Å². The van der Waals surface area contributed by atoms with Gasteiger partial charge in [0.05, 0.1) is 19.2 Å². The topological polar surface area (TPSA) is 367 Å². The summed E-state index contributed by atoms with van der Waals surface area (Å²) in [5.41, 5.74) is 11.8. The molecule has 0 heterocycles. The van der Waals surface area contributed by atoms with Crippen molar-refractivity contribution < 1.29 is 53.1 Å². The van der Waals surface area contributed by atoms with Gasteiger partial charge in [-0.05, 0) is 56.4 Å². The third kappa shape index (κ3) is 23.4. The standard InChI is InChI=1S/C50H85N13O11/c1-12-20-34(56-49(74)42(31(9)64)62-48(73)41(30(8)14-3)61-46(71)39(28(5)6)59-37(66)26-55-38(67)27-63(11)32(10)65)45(70)60-40(29(7)13-2)47(72)57-35(23-19-24-54-50(51)52)44(69)58-36(43(68)53-15-4)25-33-21-17-16-18-22-33/h16-18,21-22,28-31,34-36,39-42,64H,12-15,19-20,23-27H2,1-11H3,(H,53,68)(H,55,67)(H,56,74)(H,57,72)(H,58,69)(H,59,66)(H,60,70)(H,61,71)(H,62,73)(H4,51,52,54)/t29-,30-,31+,34-,35-,36-,39-,40-,41+,42-/m0/s1. The van der Waals surface area contributed by atoms with Crippen LogP contribution in [0.15, 0.2) is 35.3 Å². The van der Waals surface area contributed by atoms with Crippen LogP contribution in [-0.4, -0.2) is 157 Å². The quantitative estimate of drug-likeness (QED) is 0.0213. The molecule has 0 saturated carbocycles. The first-order valence-electron chi connectivity index (χ1n) is 25.5. The molecule has 74 heavy (non-hydrogen) atoms. The van der Waals surface area contributed by atoms with Crippen molar-refractivity contribution in [2.75, 3.05) is 33.2 Å². The number of aliphatic hydroxyl groups excluding tert-OH is 1. The minimum atomic E-state index is -1.64. The van der Waals surface area contributed by atoms with Crippen molar-refractivity contribution in [1.29, 1.82) is 0 Å². The van der Waals surface area contributed by atoms with Gasteiger partial charge in [0.15, 0.2) is 5.96 Å². The van der Waals surface area contributed by atoms with E-state index in [0.717, 1.165) is 10.5 Å². The first-order valence-corrected chi connectivity index (χ1v) is 25.5. The number of benzene rings is 1. The SMILES string of the molecule is CCC[C@H](NC(=O)[C@@H](NC(=O)[C@H](NC(=O)[C@@H](NC(=O)CNC(=O)CN(C)C(C)=O)C(C)C)[C@@H](C)CC)[C@@H](C)O)C(=O)N[C@H](C(=O)N[C@@H](CCCN=C(N)N)C(=O)N[C@@H](Cc1ccccc1)C(=O)NCC)[C@@H](C)CC. The van der Waals surface area contributed by atoms with Crippen LogP contribution >= 0.6 is 0 Å². The van der Waals surface area contributed by atoms with E-state index in [2.05, 4.69) is 52.8 Å². The molecule has 10 atom stereocenters. The number of guanidine groups is 1. The fraction of sp³-hybridized carbons (Fsp3) is 0.660. The highest BCUT2D eigenvalue weighted by Gasteiger charge is 2.37. The summed E-state index contributed by atoms with van der Waals surface area (Å²) in [7, 11) is 1.42. The first kappa shape index (κ1) is 65.2. The van der Waals surface area contributed by atoms with Gasteiger partial charge in [-0.1, -0.05) is 98.1 Å². The minimum absolute atomic E-state index is 0.0460. The highest BCUT2D eigenvalue weighted by molar-refractivity contribution is 5.98. The summed E-state index contributed by atoms with van der Waals surface area (Å²) < 4.78 is 0. The number of nitrogens with zero attached hydrogens (tertiary/aromatic N) is 2. The molecule has 416 valence electrons. The monoisotopic (exact) mass is 1040 g/mol. The van der Waals surface area contributed by atoms with E-state index in [1.807, 2.05) is 18.2 Å². The van der Waals surface area contributed by atoms with Crippen molar-refractivity contribution in [3.63, 3.8) is 0 Å². The van der Waals surface area contributed by atoms with Crippen LogP contribution in [0.1, 0.15) is 113 Å². The number of likely N-dealkylation sites (N-methyl/N-ethyl adjacent to an activating group) is 2. The molecular formula is C50H85N13O11. The second kappa shape index (κ2) is 33.8. The summed E-state index contributed by atoms with van der Waals surface area (Å²) in [6.45, 7) is 16.0. The van der Waals surface area contributed by atoms with Crippen LogP contribution in [0.25, 0.3) is 0 Å². The molecule has 0 aliphatic rings.